The van der Waals surface area contributed by atoms with Crippen LogP contribution in [0.5, 0.6) is 0 Å². The van der Waals surface area contributed by atoms with Gasteiger partial charge in [-0.15, -0.1) is 0 Å². The number of rotatable bonds is 6. The monoisotopic (exact) mass is 336 g/mol. The van der Waals surface area contributed by atoms with Crippen molar-refractivity contribution in [2.45, 2.75) is 29.3 Å². The van der Waals surface area contributed by atoms with Crippen LogP contribution in [0.25, 0.3) is 0 Å². The molecule has 0 radical (unpaired) electrons. The number of hydrogen-bond donors (Lipinski definition) is 1. The van der Waals surface area contributed by atoms with Gasteiger partial charge < -0.3 is 10.2 Å². The number of hydrogen-bond acceptors (Lipinski definition) is 4. The van der Waals surface area contributed by atoms with E-state index in [4.69, 9.17) is 0 Å². The lowest BCUT2D eigenvalue weighted by Crippen LogP contribution is -2.36. The number of likely N-dealkylation sites (N-methyl/N-ethyl adjacent to an activating group) is 1. The number of nitrogens with one attached hydrogen (secondary N) is 1. The van der Waals surface area contributed by atoms with E-state index >= 15 is 0 Å². The molecule has 1 aliphatic rings. The van der Waals surface area contributed by atoms with Crippen molar-refractivity contribution >= 4 is 15.5 Å². The lowest BCUT2D eigenvalue weighted by molar-refractivity contribution is -0.0435. The highest BCUT2D eigenvalue weighted by Gasteiger charge is 2.48. The Bertz CT molecular complexity index is 623. The van der Waals surface area contributed by atoms with Gasteiger partial charge in [0.25, 0.3) is 9.84 Å². The minimum absolute atomic E-state index is 0.00711. The summed E-state index contributed by atoms with van der Waals surface area (Å²) in [5.41, 5.74) is -5.31. The molecule has 1 aromatic rings. The lowest BCUT2D eigenvalue weighted by atomic mass is 10.1. The van der Waals surface area contributed by atoms with Crippen molar-refractivity contribution in [1.29, 1.82) is 0 Å². The Morgan fingerprint density at radius 3 is 2.36 bits per heavy atom. The van der Waals surface area contributed by atoms with Gasteiger partial charge in [0.2, 0.25) is 0 Å². The van der Waals surface area contributed by atoms with Gasteiger partial charge in [-0.2, -0.15) is 13.2 Å². The van der Waals surface area contributed by atoms with Gasteiger partial charge in [-0.1, -0.05) is 12.1 Å². The maximum absolute atomic E-state index is 12.7. The topological polar surface area (TPSA) is 49.4 Å². The highest BCUT2D eigenvalue weighted by Crippen LogP contribution is 2.36. The zero-order chi connectivity index (χ0) is 16.5. The van der Waals surface area contributed by atoms with E-state index in [1.165, 1.54) is 18.2 Å². The smallest absolute Gasteiger partial charge is 0.382 e. The maximum atomic E-state index is 12.7. The van der Waals surface area contributed by atoms with Crippen molar-refractivity contribution in [3.8, 4) is 0 Å². The molecule has 0 heterocycles. The van der Waals surface area contributed by atoms with E-state index < -0.39 is 20.2 Å². The van der Waals surface area contributed by atoms with Crippen LogP contribution in [0.3, 0.4) is 0 Å². The van der Waals surface area contributed by atoms with Crippen molar-refractivity contribution in [2.24, 2.45) is 5.92 Å². The second-order valence-electron chi connectivity index (χ2n) is 5.69. The van der Waals surface area contributed by atoms with Gasteiger partial charge in [-0.25, -0.2) is 8.42 Å². The molecule has 8 heteroatoms. The minimum atomic E-state index is -5.36. The molecule has 1 aromatic carbocycles. The number of para-hydroxylation sites is 1. The molecule has 0 saturated heterocycles. The van der Waals surface area contributed by atoms with Crippen molar-refractivity contribution < 1.29 is 21.6 Å². The van der Waals surface area contributed by atoms with Crippen LogP contribution in [0.4, 0.5) is 18.9 Å². The number of halogens is 3. The third kappa shape index (κ3) is 3.55. The van der Waals surface area contributed by atoms with Crippen LogP contribution in [0.2, 0.25) is 0 Å². The molecule has 124 valence electrons. The Kier molecular flexibility index (Phi) is 4.72. The molecule has 0 bridgehead atoms. The molecule has 1 fully saturated rings. The predicted octanol–water partition coefficient (Wildman–Crippen LogP) is 2.73. The third-order valence-electron chi connectivity index (χ3n) is 3.81. The molecular formula is C14H19F3N2O2S. The Morgan fingerprint density at radius 2 is 1.86 bits per heavy atom. The molecule has 22 heavy (non-hydrogen) atoms. The average Bonchev–Trinajstić information content (AvgIpc) is 3.22. The number of alkyl halides is 3. The summed E-state index contributed by atoms with van der Waals surface area (Å²) in [5.74, 6) is 0.508. The van der Waals surface area contributed by atoms with Gasteiger partial charge in [0.05, 0.1) is 10.6 Å². The molecule has 0 aliphatic heterocycles. The lowest BCUT2D eigenvalue weighted by Gasteiger charge is -2.25. The summed E-state index contributed by atoms with van der Waals surface area (Å²) < 4.78 is 61.5. The first-order valence-electron chi connectivity index (χ1n) is 6.95. The van der Waals surface area contributed by atoms with Crippen LogP contribution >= 0.6 is 0 Å². The van der Waals surface area contributed by atoms with Gasteiger partial charge in [0, 0.05) is 12.6 Å². The fraction of sp³-hybridized carbons (Fsp3) is 0.571. The molecule has 0 amide bonds. The van der Waals surface area contributed by atoms with Crippen molar-refractivity contribution in [2.75, 3.05) is 26.0 Å². The SMILES string of the molecule is CN(C)C(CNc1ccccc1S(=O)(=O)C(F)(F)F)C1CC1. The van der Waals surface area contributed by atoms with Crippen molar-refractivity contribution in [3.63, 3.8) is 0 Å². The summed E-state index contributed by atoms with van der Waals surface area (Å²) in [7, 11) is -1.54. The van der Waals surface area contributed by atoms with Gasteiger partial charge in [-0.05, 0) is 45.0 Å². The highest BCUT2D eigenvalue weighted by atomic mass is 32.2. The van der Waals surface area contributed by atoms with E-state index in [9.17, 15) is 21.6 Å². The summed E-state index contributed by atoms with van der Waals surface area (Å²) in [4.78, 5) is 1.28. The molecule has 0 aromatic heterocycles. The normalized spacial score (nSPS) is 17.5. The number of benzene rings is 1. The van der Waals surface area contributed by atoms with Gasteiger partial charge in [0.1, 0.15) is 0 Å². The van der Waals surface area contributed by atoms with E-state index in [2.05, 4.69) is 5.32 Å². The van der Waals surface area contributed by atoms with Gasteiger partial charge >= 0.3 is 5.51 Å². The van der Waals surface area contributed by atoms with Crippen molar-refractivity contribution in [1.82, 2.24) is 4.90 Å². The zero-order valence-corrected chi connectivity index (χ0v) is 13.2. The van der Waals surface area contributed by atoms with E-state index in [1.807, 2.05) is 19.0 Å². The van der Waals surface area contributed by atoms with Gasteiger partial charge in [-0.3, -0.25) is 0 Å². The summed E-state index contributed by atoms with van der Waals surface area (Å²) in [6.45, 7) is 0.405. The van der Waals surface area contributed by atoms with Crippen molar-refractivity contribution in [3.05, 3.63) is 24.3 Å². The second-order valence-corrected chi connectivity index (χ2v) is 7.60. The Morgan fingerprint density at radius 1 is 1.27 bits per heavy atom. The standard InChI is InChI=1S/C14H19F3N2O2S/c1-19(2)12(10-7-8-10)9-18-11-5-3-4-6-13(11)22(20,21)14(15,16)17/h3-6,10,12,18H,7-9H2,1-2H3. The van der Waals surface area contributed by atoms with E-state index in [0.717, 1.165) is 18.9 Å². The highest BCUT2D eigenvalue weighted by molar-refractivity contribution is 7.92. The Balaban J connectivity index is 2.22. The largest absolute Gasteiger partial charge is 0.501 e. The molecule has 1 saturated carbocycles. The third-order valence-corrected chi connectivity index (χ3v) is 5.36. The minimum Gasteiger partial charge on any atom is -0.382 e. The van der Waals surface area contributed by atoms with E-state index in [-0.39, 0.29) is 11.7 Å². The number of nitrogens with zero attached hydrogens (tertiary/aromatic N) is 1. The molecule has 4 nitrogen and oxygen atoms in total. The molecule has 0 spiro atoms. The summed E-state index contributed by atoms with van der Waals surface area (Å²) in [6, 6.07) is 5.31. The first kappa shape index (κ1) is 17.1. The molecular weight excluding hydrogens is 317 g/mol. The number of anilines is 1. The maximum Gasteiger partial charge on any atom is 0.501 e. The van der Waals surface area contributed by atoms with Crippen LogP contribution in [-0.2, 0) is 9.84 Å². The Labute approximate surface area is 128 Å². The quantitative estimate of drug-likeness (QED) is 0.868. The first-order chi connectivity index (χ1) is 10.1. The van der Waals surface area contributed by atoms with Crippen LogP contribution in [0, 0.1) is 5.92 Å². The summed E-state index contributed by atoms with van der Waals surface area (Å²) >= 11 is 0. The van der Waals surface area contributed by atoms with Gasteiger partial charge in [0.15, 0.2) is 0 Å². The molecule has 1 aliphatic carbocycles. The van der Waals surface area contributed by atoms with E-state index in [1.54, 1.807) is 0 Å². The summed E-state index contributed by atoms with van der Waals surface area (Å²) in [5, 5.41) is 2.87. The van der Waals surface area contributed by atoms with E-state index in [0.29, 0.717) is 12.5 Å². The Hall–Kier alpha value is -1.28. The molecule has 1 N–H and O–H groups in total. The molecule has 1 atom stereocenters. The first-order valence-corrected chi connectivity index (χ1v) is 8.43. The zero-order valence-electron chi connectivity index (χ0n) is 12.4. The van der Waals surface area contributed by atoms with Crippen LogP contribution in [-0.4, -0.2) is 45.5 Å². The van der Waals surface area contributed by atoms with Crippen LogP contribution in [0.1, 0.15) is 12.8 Å². The predicted molar refractivity (Wildman–Crippen MR) is 78.4 cm³/mol. The fourth-order valence-corrected chi connectivity index (χ4v) is 3.37. The second kappa shape index (κ2) is 6.08. The van der Waals surface area contributed by atoms with Crippen LogP contribution < -0.4 is 5.32 Å². The fourth-order valence-electron chi connectivity index (χ4n) is 2.44. The molecule has 2 rings (SSSR count). The average molecular weight is 336 g/mol. The number of sulfone groups is 1. The van der Waals surface area contributed by atoms with Crippen LogP contribution in [0.15, 0.2) is 29.2 Å². The molecule has 1 unspecified atom stereocenters. The summed E-state index contributed by atoms with van der Waals surface area (Å²) in [6.07, 6.45) is 2.18.